The van der Waals surface area contributed by atoms with Crippen LogP contribution in [0.25, 0.3) is 0 Å². The second-order valence-electron chi connectivity index (χ2n) is 3.67. The standard InChI is InChI=1S/C10H18N2/c1-4-5-10-6-7-12(11-10)8-9(2)3/h6-7,9H,4-5,8H2,1-3H3. The molecule has 0 saturated heterocycles. The molecule has 0 saturated carbocycles. The molecule has 0 aliphatic rings. The summed E-state index contributed by atoms with van der Waals surface area (Å²) in [6.07, 6.45) is 4.36. The predicted octanol–water partition coefficient (Wildman–Crippen LogP) is 2.49. The van der Waals surface area contributed by atoms with Crippen LogP contribution in [0.1, 0.15) is 32.9 Å². The Balaban J connectivity index is 2.52. The van der Waals surface area contributed by atoms with Crippen LogP contribution in [0.2, 0.25) is 0 Å². The first kappa shape index (κ1) is 9.30. The summed E-state index contributed by atoms with van der Waals surface area (Å²) in [5.41, 5.74) is 1.22. The number of nitrogens with zero attached hydrogens (tertiary/aromatic N) is 2. The zero-order valence-corrected chi connectivity index (χ0v) is 8.25. The van der Waals surface area contributed by atoms with Crippen LogP contribution in [0.4, 0.5) is 0 Å². The van der Waals surface area contributed by atoms with E-state index in [1.807, 2.05) is 4.68 Å². The van der Waals surface area contributed by atoms with E-state index in [0.29, 0.717) is 5.92 Å². The van der Waals surface area contributed by atoms with Gasteiger partial charge in [0.1, 0.15) is 0 Å². The minimum Gasteiger partial charge on any atom is -0.272 e. The highest BCUT2D eigenvalue weighted by Crippen LogP contribution is 2.02. The molecule has 0 bridgehead atoms. The van der Waals surface area contributed by atoms with Crippen LogP contribution >= 0.6 is 0 Å². The lowest BCUT2D eigenvalue weighted by atomic mass is 10.2. The second kappa shape index (κ2) is 4.29. The van der Waals surface area contributed by atoms with E-state index < -0.39 is 0 Å². The smallest absolute Gasteiger partial charge is 0.0624 e. The molecule has 0 fully saturated rings. The summed E-state index contributed by atoms with van der Waals surface area (Å²) < 4.78 is 2.04. The third kappa shape index (κ3) is 2.68. The number of rotatable bonds is 4. The third-order valence-electron chi connectivity index (χ3n) is 1.75. The summed E-state index contributed by atoms with van der Waals surface area (Å²) >= 11 is 0. The Morgan fingerprint density at radius 3 is 2.83 bits per heavy atom. The molecule has 0 aliphatic carbocycles. The fourth-order valence-corrected chi connectivity index (χ4v) is 1.27. The van der Waals surface area contributed by atoms with E-state index in [1.165, 1.54) is 12.1 Å². The minimum atomic E-state index is 0.680. The van der Waals surface area contributed by atoms with Gasteiger partial charge in [-0.3, -0.25) is 4.68 Å². The minimum absolute atomic E-state index is 0.680. The van der Waals surface area contributed by atoms with Gasteiger partial charge < -0.3 is 0 Å². The zero-order chi connectivity index (χ0) is 8.97. The van der Waals surface area contributed by atoms with Gasteiger partial charge in [-0.05, 0) is 18.4 Å². The lowest BCUT2D eigenvalue weighted by Gasteiger charge is -2.03. The molecule has 0 amide bonds. The second-order valence-corrected chi connectivity index (χ2v) is 3.67. The molecular formula is C10H18N2. The van der Waals surface area contributed by atoms with Crippen molar-refractivity contribution < 1.29 is 0 Å². The van der Waals surface area contributed by atoms with E-state index in [9.17, 15) is 0 Å². The van der Waals surface area contributed by atoms with Gasteiger partial charge in [-0.15, -0.1) is 0 Å². The quantitative estimate of drug-likeness (QED) is 0.672. The van der Waals surface area contributed by atoms with Crippen molar-refractivity contribution in [3.05, 3.63) is 18.0 Å². The van der Waals surface area contributed by atoms with E-state index in [1.54, 1.807) is 0 Å². The van der Waals surface area contributed by atoms with Gasteiger partial charge in [0.15, 0.2) is 0 Å². The molecule has 0 atom stereocenters. The van der Waals surface area contributed by atoms with Crippen molar-refractivity contribution in [2.24, 2.45) is 5.92 Å². The molecule has 1 aromatic heterocycles. The first-order valence-electron chi connectivity index (χ1n) is 4.74. The number of hydrogen-bond donors (Lipinski definition) is 0. The molecular weight excluding hydrogens is 148 g/mol. The van der Waals surface area contributed by atoms with Crippen molar-refractivity contribution in [2.75, 3.05) is 0 Å². The molecule has 12 heavy (non-hydrogen) atoms. The normalized spacial score (nSPS) is 11.0. The molecule has 1 aromatic rings. The largest absolute Gasteiger partial charge is 0.272 e. The van der Waals surface area contributed by atoms with Crippen LogP contribution in [-0.2, 0) is 13.0 Å². The van der Waals surface area contributed by atoms with Crippen molar-refractivity contribution >= 4 is 0 Å². The van der Waals surface area contributed by atoms with E-state index >= 15 is 0 Å². The van der Waals surface area contributed by atoms with Crippen molar-refractivity contribution in [1.82, 2.24) is 9.78 Å². The molecule has 0 spiro atoms. The maximum Gasteiger partial charge on any atom is 0.0624 e. The first-order chi connectivity index (χ1) is 5.72. The highest BCUT2D eigenvalue weighted by molar-refractivity contribution is 4.98. The lowest BCUT2D eigenvalue weighted by Crippen LogP contribution is -2.05. The number of aromatic nitrogens is 2. The number of hydrogen-bond acceptors (Lipinski definition) is 1. The summed E-state index contributed by atoms with van der Waals surface area (Å²) in [5.74, 6) is 0.680. The van der Waals surface area contributed by atoms with Gasteiger partial charge in [0, 0.05) is 12.7 Å². The van der Waals surface area contributed by atoms with Crippen molar-refractivity contribution in [3.8, 4) is 0 Å². The fraction of sp³-hybridized carbons (Fsp3) is 0.700. The molecule has 0 unspecified atom stereocenters. The van der Waals surface area contributed by atoms with Crippen LogP contribution in [-0.4, -0.2) is 9.78 Å². The van der Waals surface area contributed by atoms with Gasteiger partial charge in [-0.25, -0.2) is 0 Å². The summed E-state index contributed by atoms with van der Waals surface area (Å²) in [5, 5.41) is 4.46. The molecule has 0 N–H and O–H groups in total. The number of aryl methyl sites for hydroxylation is 1. The summed E-state index contributed by atoms with van der Waals surface area (Å²) in [7, 11) is 0. The maximum absolute atomic E-state index is 4.46. The molecule has 1 rings (SSSR count). The Hall–Kier alpha value is -0.790. The average Bonchev–Trinajstić information content (AvgIpc) is 2.36. The van der Waals surface area contributed by atoms with Gasteiger partial charge >= 0.3 is 0 Å². The Kier molecular flexibility index (Phi) is 3.32. The van der Waals surface area contributed by atoms with Crippen LogP contribution in [0.3, 0.4) is 0 Å². The summed E-state index contributed by atoms with van der Waals surface area (Å²) in [6, 6.07) is 2.12. The molecule has 68 valence electrons. The maximum atomic E-state index is 4.46. The van der Waals surface area contributed by atoms with E-state index in [2.05, 4.69) is 38.1 Å². The average molecular weight is 166 g/mol. The summed E-state index contributed by atoms with van der Waals surface area (Å²) in [6.45, 7) is 7.63. The monoisotopic (exact) mass is 166 g/mol. The third-order valence-corrected chi connectivity index (χ3v) is 1.75. The SMILES string of the molecule is CCCc1ccn(CC(C)C)n1. The molecule has 1 heterocycles. The lowest BCUT2D eigenvalue weighted by molar-refractivity contribution is 0.479. The summed E-state index contributed by atoms with van der Waals surface area (Å²) in [4.78, 5) is 0. The molecule has 2 heteroatoms. The Morgan fingerprint density at radius 1 is 1.50 bits per heavy atom. The predicted molar refractivity (Wildman–Crippen MR) is 51.1 cm³/mol. The molecule has 0 aliphatic heterocycles. The highest BCUT2D eigenvalue weighted by Gasteiger charge is 1.99. The Labute approximate surface area is 74.6 Å². The van der Waals surface area contributed by atoms with Crippen LogP contribution < -0.4 is 0 Å². The van der Waals surface area contributed by atoms with Gasteiger partial charge in [0.25, 0.3) is 0 Å². The van der Waals surface area contributed by atoms with Crippen LogP contribution in [0.15, 0.2) is 12.3 Å². The van der Waals surface area contributed by atoms with Crippen molar-refractivity contribution in [1.29, 1.82) is 0 Å². The Morgan fingerprint density at radius 2 is 2.25 bits per heavy atom. The van der Waals surface area contributed by atoms with Crippen LogP contribution in [0.5, 0.6) is 0 Å². The van der Waals surface area contributed by atoms with Crippen molar-refractivity contribution in [3.63, 3.8) is 0 Å². The molecule has 0 radical (unpaired) electrons. The van der Waals surface area contributed by atoms with E-state index in [0.717, 1.165) is 13.0 Å². The Bertz CT molecular complexity index is 225. The highest BCUT2D eigenvalue weighted by atomic mass is 15.3. The zero-order valence-electron chi connectivity index (χ0n) is 8.25. The van der Waals surface area contributed by atoms with Gasteiger partial charge in [-0.1, -0.05) is 27.2 Å². The van der Waals surface area contributed by atoms with Gasteiger partial charge in [-0.2, -0.15) is 5.10 Å². The fourth-order valence-electron chi connectivity index (χ4n) is 1.27. The van der Waals surface area contributed by atoms with E-state index in [-0.39, 0.29) is 0 Å². The van der Waals surface area contributed by atoms with Gasteiger partial charge in [0.05, 0.1) is 5.69 Å². The van der Waals surface area contributed by atoms with Crippen molar-refractivity contribution in [2.45, 2.75) is 40.2 Å². The first-order valence-corrected chi connectivity index (χ1v) is 4.74. The van der Waals surface area contributed by atoms with E-state index in [4.69, 9.17) is 0 Å². The topological polar surface area (TPSA) is 17.8 Å². The van der Waals surface area contributed by atoms with Gasteiger partial charge in [0.2, 0.25) is 0 Å². The molecule has 0 aromatic carbocycles. The van der Waals surface area contributed by atoms with Crippen LogP contribution in [0, 0.1) is 5.92 Å². The molecule has 2 nitrogen and oxygen atoms in total.